The van der Waals surface area contributed by atoms with E-state index in [9.17, 15) is 4.79 Å². The van der Waals surface area contributed by atoms with Crippen LogP contribution in [0.2, 0.25) is 5.02 Å². The van der Waals surface area contributed by atoms with E-state index in [-0.39, 0.29) is 18.1 Å². The predicted octanol–water partition coefficient (Wildman–Crippen LogP) is 4.88. The number of aromatic nitrogens is 3. The zero-order valence-corrected chi connectivity index (χ0v) is 18.3. The van der Waals surface area contributed by atoms with Gasteiger partial charge in [-0.3, -0.25) is 0 Å². The number of halogens is 1. The normalized spacial score (nSPS) is 10.8. The number of esters is 1. The molecular weight excluding hydrogens is 436 g/mol. The van der Waals surface area contributed by atoms with E-state index in [1.807, 2.05) is 12.1 Å². The molecule has 0 unspecified atom stereocenters. The zero-order valence-electron chi connectivity index (χ0n) is 17.5. The van der Waals surface area contributed by atoms with E-state index < -0.39 is 5.97 Å². The summed E-state index contributed by atoms with van der Waals surface area (Å²) < 4.78 is 21.1. The average Bonchev–Trinajstić information content (AvgIpc) is 3.23. The Kier molecular flexibility index (Phi) is 6.09. The Morgan fingerprint density at radius 1 is 1.09 bits per heavy atom. The second kappa shape index (κ2) is 9.11. The van der Waals surface area contributed by atoms with Crippen LogP contribution in [0, 0.1) is 0 Å². The first-order valence-corrected chi connectivity index (χ1v) is 10.0. The maximum atomic E-state index is 12.3. The number of ether oxygens (including phenoxy) is 3. The zero-order chi connectivity index (χ0) is 22.7. The van der Waals surface area contributed by atoms with Crippen molar-refractivity contribution < 1.29 is 23.5 Å². The molecule has 0 radical (unpaired) electrons. The molecule has 0 saturated heterocycles. The molecule has 4 rings (SSSR count). The largest absolute Gasteiger partial charge is 0.493 e. The molecule has 0 fully saturated rings. The molecule has 0 spiro atoms. The van der Waals surface area contributed by atoms with E-state index >= 15 is 0 Å². The number of nitrogens with one attached hydrogen (secondary N) is 1. The first-order chi connectivity index (χ1) is 15.5. The highest BCUT2D eigenvalue weighted by Crippen LogP contribution is 2.37. The first kappa shape index (κ1) is 21.4. The molecule has 2 aromatic heterocycles. The molecule has 164 valence electrons. The van der Waals surface area contributed by atoms with Crippen LogP contribution in [0.3, 0.4) is 0 Å². The minimum Gasteiger partial charge on any atom is -0.493 e. The third-order valence-corrected chi connectivity index (χ3v) is 4.90. The number of fused-ring (bicyclic) bond motifs is 1. The van der Waals surface area contributed by atoms with Crippen molar-refractivity contribution in [3.05, 3.63) is 53.3 Å². The smallest absolute Gasteiger partial charge is 0.376 e. The summed E-state index contributed by atoms with van der Waals surface area (Å²) in [5.74, 6) is 0.538. The van der Waals surface area contributed by atoms with Gasteiger partial charge in [0.1, 0.15) is 16.9 Å². The monoisotopic (exact) mass is 454 g/mol. The van der Waals surface area contributed by atoms with Gasteiger partial charge in [-0.2, -0.15) is 4.98 Å². The van der Waals surface area contributed by atoms with Crippen LogP contribution in [-0.4, -0.2) is 41.9 Å². The third kappa shape index (κ3) is 4.02. The lowest BCUT2D eigenvalue weighted by molar-refractivity contribution is 0.0512. The minimum atomic E-state index is -0.680. The topological polar surface area (TPSA) is 109 Å². The maximum absolute atomic E-state index is 12.3. The Balaban J connectivity index is 1.89. The summed E-state index contributed by atoms with van der Waals surface area (Å²) in [4.78, 5) is 20.9. The van der Waals surface area contributed by atoms with E-state index in [1.54, 1.807) is 51.5 Å². The number of hydrogen-bond acceptors (Lipinski definition) is 9. The van der Waals surface area contributed by atoms with Gasteiger partial charge in [0.25, 0.3) is 5.71 Å². The quantitative estimate of drug-likeness (QED) is 0.391. The van der Waals surface area contributed by atoms with Gasteiger partial charge in [-0.1, -0.05) is 35.0 Å². The molecular formula is C22H19ClN4O5. The van der Waals surface area contributed by atoms with Crippen molar-refractivity contribution in [2.24, 2.45) is 0 Å². The molecule has 10 heteroatoms. The van der Waals surface area contributed by atoms with Crippen LogP contribution in [0.25, 0.3) is 22.4 Å². The van der Waals surface area contributed by atoms with Crippen LogP contribution in [0.1, 0.15) is 17.5 Å². The van der Waals surface area contributed by atoms with Crippen LogP contribution < -0.4 is 14.8 Å². The number of carbonyl (C=O) groups is 1. The van der Waals surface area contributed by atoms with Gasteiger partial charge in [-0.05, 0) is 25.1 Å². The van der Waals surface area contributed by atoms with Crippen molar-refractivity contribution in [1.29, 1.82) is 0 Å². The van der Waals surface area contributed by atoms with Crippen LogP contribution in [0.15, 0.2) is 47.0 Å². The molecule has 2 aromatic carbocycles. The fourth-order valence-corrected chi connectivity index (χ4v) is 3.34. The fraction of sp³-hybridized carbons (Fsp3) is 0.182. The van der Waals surface area contributed by atoms with Crippen LogP contribution in [0.5, 0.6) is 11.5 Å². The van der Waals surface area contributed by atoms with Crippen LogP contribution in [0.4, 0.5) is 11.5 Å². The average molecular weight is 455 g/mol. The Morgan fingerprint density at radius 2 is 1.88 bits per heavy atom. The highest BCUT2D eigenvalue weighted by Gasteiger charge is 2.23. The highest BCUT2D eigenvalue weighted by molar-refractivity contribution is 6.33. The summed E-state index contributed by atoms with van der Waals surface area (Å²) in [6, 6.07) is 12.4. The summed E-state index contributed by atoms with van der Waals surface area (Å²) in [6.07, 6.45) is 0. The molecule has 4 aromatic rings. The highest BCUT2D eigenvalue weighted by atomic mass is 35.5. The predicted molar refractivity (Wildman–Crippen MR) is 119 cm³/mol. The van der Waals surface area contributed by atoms with Gasteiger partial charge < -0.3 is 24.1 Å². The summed E-state index contributed by atoms with van der Waals surface area (Å²) in [5.41, 5.74) is 1.81. The molecule has 0 atom stereocenters. The van der Waals surface area contributed by atoms with E-state index in [0.717, 1.165) is 0 Å². The van der Waals surface area contributed by atoms with Gasteiger partial charge >= 0.3 is 5.97 Å². The van der Waals surface area contributed by atoms with E-state index in [2.05, 4.69) is 20.4 Å². The summed E-state index contributed by atoms with van der Waals surface area (Å²) in [7, 11) is 3.09. The third-order valence-electron chi connectivity index (χ3n) is 4.57. The number of anilines is 2. The lowest BCUT2D eigenvalue weighted by atomic mass is 10.1. The van der Waals surface area contributed by atoms with Crippen LogP contribution >= 0.6 is 11.6 Å². The second-order valence-corrected chi connectivity index (χ2v) is 6.91. The Morgan fingerprint density at radius 3 is 2.59 bits per heavy atom. The van der Waals surface area contributed by atoms with Gasteiger partial charge in [0, 0.05) is 17.3 Å². The summed E-state index contributed by atoms with van der Waals surface area (Å²) >= 11 is 6.38. The molecule has 0 aliphatic rings. The molecule has 0 bridgehead atoms. The van der Waals surface area contributed by atoms with Crippen molar-refractivity contribution in [2.45, 2.75) is 6.92 Å². The van der Waals surface area contributed by atoms with E-state index in [4.69, 9.17) is 30.3 Å². The lowest BCUT2D eigenvalue weighted by Crippen LogP contribution is -2.11. The van der Waals surface area contributed by atoms with Gasteiger partial charge in [0.2, 0.25) is 5.82 Å². The Labute approximate surface area is 188 Å². The van der Waals surface area contributed by atoms with Crippen molar-refractivity contribution in [3.63, 3.8) is 0 Å². The van der Waals surface area contributed by atoms with Crippen LogP contribution in [-0.2, 0) is 4.74 Å². The second-order valence-electron chi connectivity index (χ2n) is 6.50. The number of rotatable bonds is 7. The first-order valence-electron chi connectivity index (χ1n) is 9.64. The molecule has 9 nitrogen and oxygen atoms in total. The SMILES string of the molecule is CCOC(=O)c1nc(Nc2ccc(OC)c(OC)c2)c2c(-c3ccccc3Cl)noc2n1. The van der Waals surface area contributed by atoms with E-state index in [0.29, 0.717) is 44.7 Å². The molecule has 0 amide bonds. The number of hydrogen-bond donors (Lipinski definition) is 1. The van der Waals surface area contributed by atoms with Crippen molar-refractivity contribution in [3.8, 4) is 22.8 Å². The number of carbonyl (C=O) groups excluding carboxylic acids is 1. The van der Waals surface area contributed by atoms with E-state index in [1.165, 1.54) is 0 Å². The summed E-state index contributed by atoms with van der Waals surface area (Å²) in [5, 5.41) is 8.27. The number of nitrogens with zero attached hydrogens (tertiary/aromatic N) is 3. The Bertz CT molecular complexity index is 1290. The lowest BCUT2D eigenvalue weighted by Gasteiger charge is -2.12. The van der Waals surface area contributed by atoms with Gasteiger partial charge in [-0.25, -0.2) is 9.78 Å². The van der Waals surface area contributed by atoms with Gasteiger partial charge in [-0.15, -0.1) is 0 Å². The van der Waals surface area contributed by atoms with Crippen molar-refractivity contribution >= 4 is 40.2 Å². The van der Waals surface area contributed by atoms with Crippen molar-refractivity contribution in [2.75, 3.05) is 26.1 Å². The van der Waals surface area contributed by atoms with Crippen molar-refractivity contribution in [1.82, 2.24) is 15.1 Å². The molecule has 0 aliphatic heterocycles. The molecule has 0 saturated carbocycles. The molecule has 2 heterocycles. The maximum Gasteiger partial charge on any atom is 0.376 e. The minimum absolute atomic E-state index is 0.112. The fourth-order valence-electron chi connectivity index (χ4n) is 3.12. The Hall–Kier alpha value is -3.85. The number of benzene rings is 2. The number of methoxy groups -OCH3 is 2. The van der Waals surface area contributed by atoms with Gasteiger partial charge in [0.15, 0.2) is 11.5 Å². The molecule has 0 aliphatic carbocycles. The molecule has 32 heavy (non-hydrogen) atoms. The standard InChI is InChI=1S/C22H19ClN4O5/c1-4-31-22(28)20-25-19(24-12-9-10-15(29-2)16(11-12)30-3)17-18(27-32-21(17)26-20)13-7-5-6-8-14(13)23/h5-11H,4H2,1-3H3,(H,24,25,26). The molecule has 1 N–H and O–H groups in total. The van der Waals surface area contributed by atoms with Gasteiger partial charge in [0.05, 0.1) is 25.8 Å². The summed E-state index contributed by atoms with van der Waals surface area (Å²) in [6.45, 7) is 1.88.